The Kier molecular flexibility index (Phi) is 39.6. The Hall–Kier alpha value is -5.28. The second-order valence-corrected chi connectivity index (χ2v) is 18.2. The van der Waals surface area contributed by atoms with Crippen LogP contribution in [0.15, 0.2) is 109 Å². The molecule has 4 rings (SSSR count). The van der Waals surface area contributed by atoms with Crippen LogP contribution in [-0.2, 0) is 62.6 Å². The fourth-order valence-corrected chi connectivity index (χ4v) is 7.04. The number of aliphatic carboxylic acids is 3. The van der Waals surface area contributed by atoms with Crippen molar-refractivity contribution in [1.82, 2.24) is 9.97 Å². The molecule has 0 aliphatic carbocycles. The van der Waals surface area contributed by atoms with Gasteiger partial charge in [-0.15, -0.1) is 0 Å². The van der Waals surface area contributed by atoms with E-state index in [1.807, 2.05) is 106 Å². The van der Waals surface area contributed by atoms with Crippen LogP contribution in [0.25, 0.3) is 22.5 Å². The zero-order chi connectivity index (χ0) is 52.0. The number of carbonyl (C=O) groups is 9. The first kappa shape index (κ1) is 66.8. The average Bonchev–Trinajstić information content (AvgIpc) is 3.35. The minimum absolute atomic E-state index is 0. The average molecular weight is 1110 g/mol. The number of rotatable bonds is 26. The predicted octanol–water partition coefficient (Wildman–Crippen LogP) is 1.70. The molecule has 0 amide bonds. The van der Waals surface area contributed by atoms with Gasteiger partial charge in [0, 0.05) is 23.5 Å². The minimum Gasteiger partial charge on any atom is -0.542 e. The number of carbonyl (C=O) groups excluding carboxylic acids is 9. The van der Waals surface area contributed by atoms with Gasteiger partial charge in [0.25, 0.3) is 0 Å². The van der Waals surface area contributed by atoms with Crippen LogP contribution in [0.1, 0.15) is 59.3 Å². The molecular weight excluding hydrogens is 1050 g/mol. The van der Waals surface area contributed by atoms with E-state index in [2.05, 4.69) is 34.2 Å². The number of nitrogens with zero attached hydrogens (tertiary/aromatic N) is 2. The molecule has 3 atom stereocenters. The molecule has 21 heteroatoms. The fraction of sp³-hybridized carbons (Fsp3) is 0.367. The molecule has 0 saturated heterocycles. The van der Waals surface area contributed by atoms with E-state index in [4.69, 9.17) is 17.2 Å². The van der Waals surface area contributed by atoms with Crippen LogP contribution in [0, 0.1) is 0 Å². The summed E-state index contributed by atoms with van der Waals surface area (Å²) in [5.74, 6) is -5.79. The van der Waals surface area contributed by atoms with Crippen LogP contribution in [0.2, 0.25) is 0 Å². The van der Waals surface area contributed by atoms with Gasteiger partial charge in [0.1, 0.15) is 17.9 Å². The van der Waals surface area contributed by atoms with Crippen molar-refractivity contribution >= 4 is 87.9 Å². The minimum atomic E-state index is -1.83. The number of Topliss-reactive ketones (excluding diaryl/α,β-unsaturated/α-hetero) is 6. The van der Waals surface area contributed by atoms with Crippen molar-refractivity contribution in [2.45, 2.75) is 77.4 Å². The molecule has 1 radical (unpaired) electrons. The van der Waals surface area contributed by atoms with Crippen molar-refractivity contribution in [3.63, 3.8) is 0 Å². The number of aromatic nitrogens is 2. The summed E-state index contributed by atoms with van der Waals surface area (Å²) in [6, 6.07) is 29.9. The van der Waals surface area contributed by atoms with Gasteiger partial charge in [0.15, 0.2) is 34.7 Å². The molecule has 2 aromatic heterocycles. The third-order valence-electron chi connectivity index (χ3n) is 8.73. The number of benzene rings is 2. The molecule has 0 aliphatic rings. The first-order valence-electron chi connectivity index (χ1n) is 21.6. The Morgan fingerprint density at radius 1 is 0.443 bits per heavy atom. The van der Waals surface area contributed by atoms with E-state index in [0.29, 0.717) is 19.3 Å². The Morgan fingerprint density at radius 2 is 0.700 bits per heavy atom. The summed E-state index contributed by atoms with van der Waals surface area (Å²) >= 11 is 4.90. The van der Waals surface area contributed by atoms with E-state index in [9.17, 15) is 58.5 Å². The first-order chi connectivity index (χ1) is 32.9. The van der Waals surface area contributed by atoms with Crippen LogP contribution in [-0.4, -0.2) is 115 Å². The van der Waals surface area contributed by atoms with Gasteiger partial charge in [-0.3, -0.25) is 38.7 Å². The normalized spacial score (nSPS) is 11.1. The van der Waals surface area contributed by atoms with Gasteiger partial charge in [-0.25, -0.2) is 0 Å². The zero-order valence-electron chi connectivity index (χ0n) is 39.2. The van der Waals surface area contributed by atoms with Crippen LogP contribution in [0.4, 0.5) is 0 Å². The van der Waals surface area contributed by atoms with E-state index in [-0.39, 0.29) is 19.5 Å². The van der Waals surface area contributed by atoms with Gasteiger partial charge in [0.2, 0.25) is 0 Å². The Bertz CT molecular complexity index is 1890. The van der Waals surface area contributed by atoms with Crippen LogP contribution >= 0.6 is 35.3 Å². The molecule has 379 valence electrons. The number of pyridine rings is 2. The molecule has 0 saturated carbocycles. The Labute approximate surface area is 434 Å². The summed E-state index contributed by atoms with van der Waals surface area (Å²) in [7, 11) is 0. The maximum absolute atomic E-state index is 11.2. The number of ketones is 6. The van der Waals surface area contributed by atoms with Gasteiger partial charge in [-0.2, -0.15) is 35.3 Å². The van der Waals surface area contributed by atoms with Gasteiger partial charge in [0.05, 0.1) is 48.8 Å². The van der Waals surface area contributed by atoms with Crippen molar-refractivity contribution in [3.05, 3.63) is 109 Å². The molecule has 2 heterocycles. The largest absolute Gasteiger partial charge is 3.00 e. The predicted molar refractivity (Wildman–Crippen MR) is 265 cm³/mol. The number of nitrogens with two attached hydrogens (primary N) is 3. The van der Waals surface area contributed by atoms with Crippen LogP contribution < -0.4 is 32.5 Å². The third kappa shape index (κ3) is 32.5. The molecule has 0 unspecified atom stereocenters. The smallest absolute Gasteiger partial charge is 0.542 e. The molecule has 17 nitrogen and oxygen atoms in total. The third-order valence-corrected chi connectivity index (χ3v) is 11.5. The number of carboxylic acids is 3. The maximum Gasteiger partial charge on any atom is 3.00 e. The second-order valence-electron chi connectivity index (χ2n) is 14.0. The molecule has 6 N–H and O–H groups in total. The van der Waals surface area contributed by atoms with E-state index in [0.717, 1.165) is 57.0 Å². The van der Waals surface area contributed by atoms with Crippen molar-refractivity contribution in [1.29, 1.82) is 0 Å². The quantitative estimate of drug-likeness (QED) is 0.0349. The van der Waals surface area contributed by atoms with Crippen LogP contribution in [0.3, 0.4) is 0 Å². The number of thioether (sulfide) groups is 3. The van der Waals surface area contributed by atoms with E-state index in [1.54, 1.807) is 35.3 Å². The second kappa shape index (κ2) is 41.5. The van der Waals surface area contributed by atoms with Gasteiger partial charge in [-0.1, -0.05) is 93.6 Å². The zero-order valence-corrected chi connectivity index (χ0v) is 43.4. The molecular formula is C49H60N5O12RuS3. The number of carboxylic acid groups (broad SMARTS) is 3. The summed E-state index contributed by atoms with van der Waals surface area (Å²) < 4.78 is 0. The van der Waals surface area contributed by atoms with Crippen molar-refractivity contribution in [2.75, 3.05) is 34.5 Å². The summed E-state index contributed by atoms with van der Waals surface area (Å²) in [5.41, 5.74) is 20.8. The topological polar surface area (TPSA) is 327 Å². The van der Waals surface area contributed by atoms with Crippen LogP contribution in [0.5, 0.6) is 0 Å². The summed E-state index contributed by atoms with van der Waals surface area (Å²) in [4.78, 5) is 104. The molecule has 0 bridgehead atoms. The number of hydrogen-bond acceptors (Lipinski definition) is 20. The molecule has 4 aromatic rings. The van der Waals surface area contributed by atoms with E-state index in [1.165, 1.54) is 0 Å². The standard InChI is InChI=1S/2C11H9N.3C9H15NO4S.Ru/c2*1-2-6-10(7-3-1)11-8-4-5-9-12-11;3*1-2-15-4-3-6(10)7(11)5-8(12)9(13)14;/h2*1-9H;3*6H,2-5,10H2,1H3,(H,13,14);/q;;;;;+3/p-3/t;;3*6-;/m..000./s1. The molecule has 0 aliphatic heterocycles. The van der Waals surface area contributed by atoms with E-state index >= 15 is 0 Å². The summed E-state index contributed by atoms with van der Waals surface area (Å²) in [5, 5.41) is 30.2. The van der Waals surface area contributed by atoms with Crippen molar-refractivity contribution in [2.24, 2.45) is 17.2 Å². The molecule has 0 fully saturated rings. The molecule has 2 aromatic carbocycles. The monoisotopic (exact) mass is 1110 g/mol. The molecule has 70 heavy (non-hydrogen) atoms. The van der Waals surface area contributed by atoms with E-state index < -0.39 is 90.0 Å². The maximum atomic E-state index is 11.2. The Balaban J connectivity index is 0. The van der Waals surface area contributed by atoms with Gasteiger partial charge >= 0.3 is 19.5 Å². The van der Waals surface area contributed by atoms with Crippen molar-refractivity contribution in [3.8, 4) is 22.5 Å². The van der Waals surface area contributed by atoms with Gasteiger partial charge < -0.3 is 46.9 Å². The number of hydrogen-bond donors (Lipinski definition) is 3. The fourth-order valence-electron chi connectivity index (χ4n) is 4.92. The molecule has 0 spiro atoms. The SMILES string of the molecule is CCSCC[C@H](N)C(=O)CC(=O)C(=O)[O-].CCSCC[C@H](N)C(=O)CC(=O)C(=O)[O-].CCSCC[C@H](N)C(=O)CC(=O)C(=O)[O-].[Ru+3].c1ccc(-c2ccccn2)cc1.c1ccc(-c2ccccn2)cc1. The Morgan fingerprint density at radius 3 is 0.914 bits per heavy atom. The first-order valence-corrected chi connectivity index (χ1v) is 25.1. The summed E-state index contributed by atoms with van der Waals surface area (Å²) in [6.07, 6.45) is 2.98. The summed E-state index contributed by atoms with van der Waals surface area (Å²) in [6.45, 7) is 5.95. The van der Waals surface area contributed by atoms with Gasteiger partial charge in [-0.05, 0) is 78.0 Å². The van der Waals surface area contributed by atoms with Crippen molar-refractivity contribution < 1.29 is 77.9 Å².